The van der Waals surface area contributed by atoms with Gasteiger partial charge in [0, 0.05) is 59.0 Å². The summed E-state index contributed by atoms with van der Waals surface area (Å²) in [6.07, 6.45) is -0.196. The number of hydrogen-bond donors (Lipinski definition) is 5. The minimum Gasteiger partial charge on any atom is -0.480 e. The number of nitrogens with zero attached hydrogens (tertiary/aromatic N) is 4. The number of hydrogen-bond acceptors (Lipinski definition) is 13. The number of alkyl carbamates (subject to hydrolysis) is 2. The van der Waals surface area contributed by atoms with Gasteiger partial charge >= 0.3 is 24.1 Å². The van der Waals surface area contributed by atoms with Crippen LogP contribution in [-0.4, -0.2) is 164 Å². The Kier molecular flexibility index (Phi) is 20.0. The zero-order chi connectivity index (χ0) is 35.1. The number of aliphatic hydroxyl groups excluding tert-OH is 1. The molecule has 2 bridgehead atoms. The van der Waals surface area contributed by atoms with Crippen molar-refractivity contribution < 1.29 is 53.4 Å². The number of nitrogens with one attached hydrogen (secondary N) is 2. The fraction of sp³-hybridized carbons (Fsp3) is 0.710. The minimum absolute atomic E-state index is 0.000267. The first kappa shape index (κ1) is 40.6. The molecule has 1 aliphatic rings. The lowest BCUT2D eigenvalue weighted by molar-refractivity contribution is -0.144. The van der Waals surface area contributed by atoms with Crippen molar-refractivity contribution in [2.24, 2.45) is 0 Å². The summed E-state index contributed by atoms with van der Waals surface area (Å²) in [7, 11) is 1.88. The number of carboxylic acids is 2. The Morgan fingerprint density at radius 1 is 0.771 bits per heavy atom. The van der Waals surface area contributed by atoms with Crippen LogP contribution in [0.15, 0.2) is 18.2 Å². The van der Waals surface area contributed by atoms with Crippen LogP contribution in [0.2, 0.25) is 0 Å². The zero-order valence-electron chi connectivity index (χ0n) is 28.0. The Morgan fingerprint density at radius 2 is 1.25 bits per heavy atom. The second kappa shape index (κ2) is 23.7. The topological polar surface area (TPSA) is 213 Å². The summed E-state index contributed by atoms with van der Waals surface area (Å²) in [4.78, 5) is 59.2. The first-order chi connectivity index (χ1) is 23.1. The molecule has 0 saturated carbocycles. The number of fused-ring (bicyclic) bond motifs is 2. The van der Waals surface area contributed by atoms with Gasteiger partial charge in [0.15, 0.2) is 0 Å². The summed E-state index contributed by atoms with van der Waals surface area (Å²) in [5.41, 5.74) is 1.25. The van der Waals surface area contributed by atoms with Crippen molar-refractivity contribution >= 4 is 24.1 Å². The van der Waals surface area contributed by atoms with Gasteiger partial charge in [-0.3, -0.25) is 24.4 Å². The molecule has 2 amide bonds. The van der Waals surface area contributed by atoms with Crippen LogP contribution in [0.1, 0.15) is 37.6 Å². The van der Waals surface area contributed by atoms with Crippen LogP contribution in [0, 0.1) is 0 Å². The molecule has 48 heavy (non-hydrogen) atoms. The third kappa shape index (κ3) is 16.5. The van der Waals surface area contributed by atoms with E-state index in [9.17, 15) is 29.4 Å². The van der Waals surface area contributed by atoms with E-state index in [1.54, 1.807) is 23.1 Å². The second-order valence-electron chi connectivity index (χ2n) is 11.2. The minimum atomic E-state index is -1.04. The molecular formula is C31H52N6O11. The summed E-state index contributed by atoms with van der Waals surface area (Å²) < 4.78 is 20.4. The van der Waals surface area contributed by atoms with Gasteiger partial charge in [-0.2, -0.15) is 0 Å². The van der Waals surface area contributed by atoms with E-state index in [1.165, 1.54) is 0 Å². The Hall–Kier alpha value is -3.61. The van der Waals surface area contributed by atoms with Crippen molar-refractivity contribution in [2.45, 2.75) is 51.4 Å². The van der Waals surface area contributed by atoms with Crippen LogP contribution in [0.5, 0.6) is 0 Å². The molecule has 0 fully saturated rings. The van der Waals surface area contributed by atoms with E-state index in [1.807, 2.05) is 23.8 Å². The molecule has 1 aromatic rings. The smallest absolute Gasteiger partial charge is 0.407 e. The van der Waals surface area contributed by atoms with E-state index in [0.717, 1.165) is 6.42 Å². The molecule has 0 saturated heterocycles. The van der Waals surface area contributed by atoms with Crippen molar-refractivity contribution in [1.82, 2.24) is 30.3 Å². The lowest BCUT2D eigenvalue weighted by Crippen LogP contribution is -2.48. The van der Waals surface area contributed by atoms with Gasteiger partial charge in [-0.25, -0.2) is 9.59 Å². The highest BCUT2D eigenvalue weighted by Gasteiger charge is 2.29. The number of likely N-dealkylation sites (N-methyl/N-ethyl adjacent to an activating group) is 1. The lowest BCUT2D eigenvalue weighted by atomic mass is 10.1. The molecule has 0 spiro atoms. The molecule has 2 rings (SSSR count). The van der Waals surface area contributed by atoms with E-state index < -0.39 is 36.2 Å². The van der Waals surface area contributed by atoms with Gasteiger partial charge in [-0.05, 0) is 38.4 Å². The maximum absolute atomic E-state index is 12.4. The van der Waals surface area contributed by atoms with Crippen molar-refractivity contribution in [3.63, 3.8) is 0 Å². The number of ether oxygens (including phenoxy) is 4. The monoisotopic (exact) mass is 684 g/mol. The van der Waals surface area contributed by atoms with E-state index in [-0.39, 0.29) is 72.1 Å². The fourth-order valence-electron chi connectivity index (χ4n) is 4.97. The molecule has 5 N–H and O–H groups in total. The Bertz CT molecular complexity index is 1040. The average molecular weight is 685 g/mol. The number of carbonyl (C=O) groups excluding carboxylic acids is 2. The summed E-state index contributed by atoms with van der Waals surface area (Å²) in [6.45, 7) is 5.49. The number of carbonyl (C=O) groups is 4. The SMILES string of the molecule is CCCOCCOC(=O)NCCC(C(=O)O)N1CCN(C)CCN(C(CCNC(=O)OCCOCCO)C(=O)O)Cc2cccc(n2)C1. The van der Waals surface area contributed by atoms with E-state index in [4.69, 9.17) is 29.0 Å². The zero-order valence-corrected chi connectivity index (χ0v) is 28.0. The molecule has 2 unspecified atom stereocenters. The number of carboxylic acid groups (broad SMARTS) is 2. The molecule has 2 heterocycles. The van der Waals surface area contributed by atoms with Gasteiger partial charge in [-0.1, -0.05) is 13.0 Å². The third-order valence-corrected chi connectivity index (χ3v) is 7.46. The van der Waals surface area contributed by atoms with Crippen LogP contribution >= 0.6 is 0 Å². The standard InChI is InChI=1S/C31H52N6O11/c1-3-16-45-18-20-47-30(43)32-9-7-26(28(39)40)36-13-11-35(2)12-14-37(23-25-6-4-5-24(22-36)34-25)27(29(41)42)8-10-33-31(44)48-21-19-46-17-15-38/h4-6,26-27,38H,3,7-23H2,1-2H3,(H,32,43)(H,33,44)(H,39,40)(H,41,42). The number of rotatable bonds is 20. The number of pyridine rings is 1. The Labute approximate surface area is 281 Å². The van der Waals surface area contributed by atoms with Gasteiger partial charge in [-0.15, -0.1) is 0 Å². The molecule has 0 radical (unpaired) electrons. The molecule has 2 atom stereocenters. The first-order valence-electron chi connectivity index (χ1n) is 16.3. The highest BCUT2D eigenvalue weighted by Crippen LogP contribution is 2.15. The Morgan fingerprint density at radius 3 is 1.69 bits per heavy atom. The van der Waals surface area contributed by atoms with Crippen molar-refractivity contribution in [1.29, 1.82) is 0 Å². The number of aliphatic hydroxyl groups is 1. The predicted octanol–water partition coefficient (Wildman–Crippen LogP) is 0.206. The van der Waals surface area contributed by atoms with Crippen molar-refractivity contribution in [2.75, 3.05) is 92.6 Å². The van der Waals surface area contributed by atoms with Gasteiger partial charge in [0.25, 0.3) is 0 Å². The molecule has 17 nitrogen and oxygen atoms in total. The van der Waals surface area contributed by atoms with Crippen LogP contribution in [0.3, 0.4) is 0 Å². The van der Waals surface area contributed by atoms with Gasteiger partial charge in [0.1, 0.15) is 25.3 Å². The lowest BCUT2D eigenvalue weighted by Gasteiger charge is -2.33. The molecule has 17 heteroatoms. The molecule has 0 aromatic carbocycles. The second-order valence-corrected chi connectivity index (χ2v) is 11.2. The first-order valence-corrected chi connectivity index (χ1v) is 16.3. The van der Waals surface area contributed by atoms with Gasteiger partial charge < -0.3 is 49.8 Å². The van der Waals surface area contributed by atoms with E-state index in [2.05, 4.69) is 10.6 Å². The molecule has 1 aliphatic heterocycles. The fourth-order valence-corrected chi connectivity index (χ4v) is 4.97. The van der Waals surface area contributed by atoms with Crippen molar-refractivity contribution in [3.8, 4) is 0 Å². The molecule has 272 valence electrons. The van der Waals surface area contributed by atoms with Gasteiger partial charge in [0.2, 0.25) is 0 Å². The quantitative estimate of drug-likeness (QED) is 0.116. The molecular weight excluding hydrogens is 632 g/mol. The number of aromatic nitrogens is 1. The van der Waals surface area contributed by atoms with Crippen LogP contribution in [0.25, 0.3) is 0 Å². The summed E-state index contributed by atoms with van der Waals surface area (Å²) >= 11 is 0. The van der Waals surface area contributed by atoms with Gasteiger partial charge in [0.05, 0.1) is 37.8 Å². The maximum Gasteiger partial charge on any atom is 0.407 e. The largest absolute Gasteiger partial charge is 0.480 e. The number of amides is 2. The van der Waals surface area contributed by atoms with E-state index >= 15 is 0 Å². The summed E-state index contributed by atoms with van der Waals surface area (Å²) in [5.74, 6) is -2.06. The Balaban J connectivity index is 2.04. The molecule has 1 aromatic heterocycles. The third-order valence-electron chi connectivity index (χ3n) is 7.46. The highest BCUT2D eigenvalue weighted by molar-refractivity contribution is 5.74. The van der Waals surface area contributed by atoms with Crippen LogP contribution < -0.4 is 10.6 Å². The van der Waals surface area contributed by atoms with Crippen LogP contribution in [-0.2, 0) is 41.6 Å². The maximum atomic E-state index is 12.4. The predicted molar refractivity (Wildman–Crippen MR) is 172 cm³/mol. The van der Waals surface area contributed by atoms with Crippen LogP contribution in [0.4, 0.5) is 9.59 Å². The van der Waals surface area contributed by atoms with E-state index in [0.29, 0.717) is 50.8 Å². The van der Waals surface area contributed by atoms with Crippen molar-refractivity contribution in [3.05, 3.63) is 29.6 Å². The average Bonchev–Trinajstić information content (AvgIpc) is 3.05. The summed E-state index contributed by atoms with van der Waals surface area (Å²) in [6, 6.07) is 3.57. The summed E-state index contributed by atoms with van der Waals surface area (Å²) in [5, 5.41) is 34.1. The number of aliphatic carboxylic acids is 2. The normalized spacial score (nSPS) is 16.1. The molecule has 0 aliphatic carbocycles. The highest BCUT2D eigenvalue weighted by atomic mass is 16.6.